The van der Waals surface area contributed by atoms with Crippen LogP contribution in [0.25, 0.3) is 0 Å². The van der Waals surface area contributed by atoms with Crippen molar-refractivity contribution in [1.29, 1.82) is 5.26 Å². The van der Waals surface area contributed by atoms with Crippen molar-refractivity contribution < 1.29 is 9.90 Å². The topological polar surface area (TPSA) is 76.4 Å². The number of aliphatic hydroxyl groups excluding tert-OH is 1. The van der Waals surface area contributed by atoms with Crippen LogP contribution in [0, 0.1) is 17.2 Å². The summed E-state index contributed by atoms with van der Waals surface area (Å²) in [5.74, 6) is 0.304. The van der Waals surface area contributed by atoms with E-state index in [9.17, 15) is 9.90 Å². The number of hydrogen-bond donors (Lipinski definition) is 2. The van der Waals surface area contributed by atoms with E-state index in [2.05, 4.69) is 11.4 Å². The molecule has 3 heterocycles. The van der Waals surface area contributed by atoms with Gasteiger partial charge in [0.05, 0.1) is 18.2 Å². The first kappa shape index (κ1) is 14.6. The van der Waals surface area contributed by atoms with Gasteiger partial charge >= 0.3 is 0 Å². The molecule has 19 heavy (non-hydrogen) atoms. The van der Waals surface area contributed by atoms with E-state index >= 15 is 0 Å². The average molecular weight is 286 g/mol. The highest BCUT2D eigenvalue weighted by atomic mass is 35.5. The zero-order valence-electron chi connectivity index (χ0n) is 10.8. The monoisotopic (exact) mass is 285 g/mol. The maximum atomic E-state index is 12.5. The van der Waals surface area contributed by atoms with Crippen molar-refractivity contribution in [1.82, 2.24) is 10.2 Å². The largest absolute Gasteiger partial charge is 0.391 e. The molecular formula is C13H20ClN3O2. The lowest BCUT2D eigenvalue weighted by atomic mass is 9.74. The Bertz CT molecular complexity index is 398. The molecular weight excluding hydrogens is 266 g/mol. The molecule has 4 fully saturated rings. The van der Waals surface area contributed by atoms with Gasteiger partial charge in [0.1, 0.15) is 6.04 Å². The number of hydrogen-bond acceptors (Lipinski definition) is 4. The number of halogens is 1. The summed E-state index contributed by atoms with van der Waals surface area (Å²) in [7, 11) is 0. The number of nitriles is 1. The van der Waals surface area contributed by atoms with Crippen molar-refractivity contribution >= 4 is 18.3 Å². The summed E-state index contributed by atoms with van der Waals surface area (Å²) in [6.45, 7) is 0.704. The number of carbonyl (C=O) groups is 1. The van der Waals surface area contributed by atoms with Crippen LogP contribution in [-0.2, 0) is 4.79 Å². The average Bonchev–Trinajstić information content (AvgIpc) is 2.86. The molecule has 5 atom stereocenters. The van der Waals surface area contributed by atoms with Crippen LogP contribution in [0.15, 0.2) is 0 Å². The Morgan fingerprint density at radius 2 is 2.16 bits per heavy atom. The predicted molar refractivity (Wildman–Crippen MR) is 71.7 cm³/mol. The molecule has 1 aliphatic carbocycles. The summed E-state index contributed by atoms with van der Waals surface area (Å²) < 4.78 is 0. The van der Waals surface area contributed by atoms with Crippen molar-refractivity contribution in [2.45, 2.75) is 56.3 Å². The van der Waals surface area contributed by atoms with Crippen molar-refractivity contribution in [3.8, 4) is 6.07 Å². The quantitative estimate of drug-likeness (QED) is 0.732. The van der Waals surface area contributed by atoms with E-state index in [1.165, 1.54) is 0 Å². The van der Waals surface area contributed by atoms with E-state index in [-0.39, 0.29) is 48.5 Å². The lowest BCUT2D eigenvalue weighted by Gasteiger charge is -2.46. The van der Waals surface area contributed by atoms with E-state index in [0.717, 1.165) is 32.1 Å². The van der Waals surface area contributed by atoms with Crippen molar-refractivity contribution in [3.63, 3.8) is 0 Å². The number of rotatable bonds is 1. The number of likely N-dealkylation sites (tertiary alicyclic amines) is 1. The molecule has 4 aliphatic rings. The Labute approximate surface area is 119 Å². The van der Waals surface area contributed by atoms with E-state index in [1.807, 2.05) is 0 Å². The molecule has 4 rings (SSSR count). The Morgan fingerprint density at radius 3 is 2.74 bits per heavy atom. The molecule has 0 aromatic carbocycles. The van der Waals surface area contributed by atoms with Gasteiger partial charge in [-0.25, -0.2) is 0 Å². The number of amides is 1. The molecule has 2 N–H and O–H groups in total. The smallest absolute Gasteiger partial charge is 0.241 e. The van der Waals surface area contributed by atoms with E-state index in [4.69, 9.17) is 5.26 Å². The van der Waals surface area contributed by atoms with Crippen LogP contribution in [0.3, 0.4) is 0 Å². The third kappa shape index (κ3) is 2.45. The SMILES string of the molecule is Cl.N#C[C@@H]1CCCN1C(=O)[C@H]1N[C@H]2CC[C@@H]1C[C@H]2O. The minimum Gasteiger partial charge on any atom is -0.391 e. The standard InChI is InChI=1S/C13H19N3O2.ClH/c14-7-9-2-1-5-16(9)13(18)12-8-3-4-10(15-12)11(17)6-8;/h8-12,15,17H,1-6H2;1H/t8-,9+,10+,11-,12+;/m1./s1. The Balaban J connectivity index is 0.00000133. The Kier molecular flexibility index (Phi) is 4.34. The fraction of sp³-hybridized carbons (Fsp3) is 0.846. The maximum Gasteiger partial charge on any atom is 0.241 e. The van der Waals surface area contributed by atoms with Crippen molar-refractivity contribution in [2.75, 3.05) is 6.54 Å². The van der Waals surface area contributed by atoms with Gasteiger partial charge in [0.15, 0.2) is 0 Å². The van der Waals surface area contributed by atoms with Crippen LogP contribution >= 0.6 is 12.4 Å². The summed E-state index contributed by atoms with van der Waals surface area (Å²) in [4.78, 5) is 14.2. The lowest BCUT2D eigenvalue weighted by molar-refractivity contribution is -0.139. The van der Waals surface area contributed by atoms with E-state index in [1.54, 1.807) is 4.90 Å². The second-order valence-electron chi connectivity index (χ2n) is 5.71. The normalized spacial score (nSPS) is 40.6. The van der Waals surface area contributed by atoms with Crippen molar-refractivity contribution in [3.05, 3.63) is 0 Å². The molecule has 2 bridgehead atoms. The van der Waals surface area contributed by atoms with E-state index in [0.29, 0.717) is 6.54 Å². The summed E-state index contributed by atoms with van der Waals surface area (Å²) in [6.07, 6.45) is 4.10. The molecule has 0 aromatic heterocycles. The van der Waals surface area contributed by atoms with Gasteiger partial charge in [-0.3, -0.25) is 4.79 Å². The molecule has 1 amide bonds. The van der Waals surface area contributed by atoms with Crippen LogP contribution in [0.2, 0.25) is 0 Å². The predicted octanol–water partition coefficient (Wildman–Crippen LogP) is 0.424. The van der Waals surface area contributed by atoms with Gasteiger partial charge in [-0.2, -0.15) is 5.26 Å². The fourth-order valence-corrected chi connectivity index (χ4v) is 3.66. The van der Waals surface area contributed by atoms with Gasteiger partial charge in [-0.1, -0.05) is 0 Å². The van der Waals surface area contributed by atoms with Crippen LogP contribution in [0.1, 0.15) is 32.1 Å². The number of carbonyl (C=O) groups excluding carboxylic acids is 1. The molecule has 0 aromatic rings. The molecule has 6 heteroatoms. The number of fused-ring (bicyclic) bond motifs is 3. The maximum absolute atomic E-state index is 12.5. The van der Waals surface area contributed by atoms with Gasteiger partial charge in [-0.15, -0.1) is 12.4 Å². The van der Waals surface area contributed by atoms with Crippen LogP contribution in [0.5, 0.6) is 0 Å². The molecule has 5 nitrogen and oxygen atoms in total. The zero-order valence-corrected chi connectivity index (χ0v) is 11.6. The van der Waals surface area contributed by atoms with Gasteiger partial charge in [0, 0.05) is 12.6 Å². The molecule has 3 aliphatic heterocycles. The number of piperidine rings is 2. The third-order valence-corrected chi connectivity index (χ3v) is 4.67. The highest BCUT2D eigenvalue weighted by Crippen LogP contribution is 2.35. The van der Waals surface area contributed by atoms with Crippen LogP contribution < -0.4 is 5.32 Å². The van der Waals surface area contributed by atoms with Crippen LogP contribution in [-0.4, -0.2) is 46.7 Å². The second-order valence-corrected chi connectivity index (χ2v) is 5.71. The fourth-order valence-electron chi connectivity index (χ4n) is 3.66. The van der Waals surface area contributed by atoms with Gasteiger partial charge in [0.25, 0.3) is 0 Å². The number of nitrogens with zero attached hydrogens (tertiary/aromatic N) is 2. The molecule has 0 radical (unpaired) electrons. The summed E-state index contributed by atoms with van der Waals surface area (Å²) >= 11 is 0. The Hall–Kier alpha value is -0.830. The molecule has 3 saturated heterocycles. The molecule has 106 valence electrons. The van der Waals surface area contributed by atoms with Crippen LogP contribution in [0.4, 0.5) is 0 Å². The first-order valence-corrected chi connectivity index (χ1v) is 6.85. The summed E-state index contributed by atoms with van der Waals surface area (Å²) in [6, 6.07) is 1.85. The third-order valence-electron chi connectivity index (χ3n) is 4.67. The molecule has 0 unspecified atom stereocenters. The second kappa shape index (κ2) is 5.66. The summed E-state index contributed by atoms with van der Waals surface area (Å²) in [5, 5.41) is 22.1. The molecule has 1 saturated carbocycles. The summed E-state index contributed by atoms with van der Waals surface area (Å²) in [5.41, 5.74) is 0. The highest BCUT2D eigenvalue weighted by Gasteiger charge is 2.46. The van der Waals surface area contributed by atoms with Gasteiger partial charge in [0.2, 0.25) is 5.91 Å². The lowest BCUT2D eigenvalue weighted by Crippen LogP contribution is -2.64. The first-order valence-electron chi connectivity index (χ1n) is 6.85. The van der Waals surface area contributed by atoms with E-state index < -0.39 is 0 Å². The number of aliphatic hydroxyl groups is 1. The van der Waals surface area contributed by atoms with Gasteiger partial charge in [-0.05, 0) is 38.0 Å². The minimum absolute atomic E-state index is 0. The van der Waals surface area contributed by atoms with Gasteiger partial charge < -0.3 is 15.3 Å². The van der Waals surface area contributed by atoms with Crippen molar-refractivity contribution in [2.24, 2.45) is 5.92 Å². The first-order chi connectivity index (χ1) is 8.70. The number of nitrogens with one attached hydrogen (secondary N) is 1. The minimum atomic E-state index is -0.307. The molecule has 0 spiro atoms. The Morgan fingerprint density at radius 1 is 1.37 bits per heavy atom. The highest BCUT2D eigenvalue weighted by molar-refractivity contribution is 5.85. The zero-order chi connectivity index (χ0) is 12.7.